The van der Waals surface area contributed by atoms with Crippen LogP contribution >= 0.6 is 35.0 Å². The number of urea groups is 1. The number of thioether (sulfide) groups is 1. The lowest BCUT2D eigenvalue weighted by molar-refractivity contribution is 0.214. The molecular formula is C18H18Cl2N2O3S. The zero-order chi connectivity index (χ0) is 18.7. The van der Waals surface area contributed by atoms with E-state index >= 15 is 0 Å². The molecule has 1 N–H and O–H groups in total. The van der Waals surface area contributed by atoms with Crippen molar-refractivity contribution >= 4 is 46.7 Å². The number of benzene rings is 2. The quantitative estimate of drug-likeness (QED) is 0.740. The highest BCUT2D eigenvalue weighted by atomic mass is 35.5. The van der Waals surface area contributed by atoms with Crippen LogP contribution in [0.2, 0.25) is 10.0 Å². The van der Waals surface area contributed by atoms with Crippen LogP contribution in [0.4, 0.5) is 10.5 Å². The molecule has 0 spiro atoms. The van der Waals surface area contributed by atoms with Gasteiger partial charge in [0.15, 0.2) is 0 Å². The molecule has 5 nitrogen and oxygen atoms in total. The predicted octanol–water partition coefficient (Wildman–Crippen LogP) is 5.29. The van der Waals surface area contributed by atoms with Crippen molar-refractivity contribution < 1.29 is 14.3 Å². The van der Waals surface area contributed by atoms with E-state index in [9.17, 15) is 4.79 Å². The minimum Gasteiger partial charge on any atom is -0.497 e. The normalized spacial score (nSPS) is 16.5. The highest BCUT2D eigenvalue weighted by Gasteiger charge is 2.32. The van der Waals surface area contributed by atoms with Gasteiger partial charge in [-0.2, -0.15) is 0 Å². The third-order valence-corrected chi connectivity index (χ3v) is 5.90. The zero-order valence-corrected chi connectivity index (χ0v) is 16.6. The Labute approximate surface area is 166 Å². The summed E-state index contributed by atoms with van der Waals surface area (Å²) in [7, 11) is 3.20. The second-order valence-corrected chi connectivity index (χ2v) is 7.59. The molecule has 1 aliphatic rings. The molecule has 0 radical (unpaired) electrons. The molecule has 0 bridgehead atoms. The number of methoxy groups -OCH3 is 2. The summed E-state index contributed by atoms with van der Waals surface area (Å²) in [6.07, 6.45) is 0. The molecule has 1 heterocycles. The van der Waals surface area contributed by atoms with Gasteiger partial charge in [0.2, 0.25) is 0 Å². The summed E-state index contributed by atoms with van der Waals surface area (Å²) in [6, 6.07) is 10.5. The van der Waals surface area contributed by atoms with Crippen LogP contribution in [0.15, 0.2) is 36.4 Å². The molecule has 1 saturated heterocycles. The van der Waals surface area contributed by atoms with Crippen LogP contribution in [-0.4, -0.2) is 37.4 Å². The lowest BCUT2D eigenvalue weighted by atomic mass is 10.2. The van der Waals surface area contributed by atoms with E-state index in [1.165, 1.54) is 0 Å². The number of nitrogens with zero attached hydrogens (tertiary/aromatic N) is 1. The number of nitrogens with one attached hydrogen (secondary N) is 1. The van der Waals surface area contributed by atoms with E-state index in [0.717, 1.165) is 11.3 Å². The van der Waals surface area contributed by atoms with Crippen LogP contribution in [0.3, 0.4) is 0 Å². The van der Waals surface area contributed by atoms with Crippen LogP contribution in [0.25, 0.3) is 0 Å². The Morgan fingerprint density at radius 3 is 2.35 bits per heavy atom. The van der Waals surface area contributed by atoms with Crippen LogP contribution in [0.1, 0.15) is 10.9 Å². The lowest BCUT2D eigenvalue weighted by Gasteiger charge is -2.25. The van der Waals surface area contributed by atoms with Crippen molar-refractivity contribution in [2.24, 2.45) is 0 Å². The van der Waals surface area contributed by atoms with Gasteiger partial charge in [0.1, 0.15) is 16.9 Å². The van der Waals surface area contributed by atoms with Crippen molar-refractivity contribution in [2.45, 2.75) is 5.37 Å². The summed E-state index contributed by atoms with van der Waals surface area (Å²) in [5.74, 6) is 2.19. The first-order valence-corrected chi connectivity index (χ1v) is 9.70. The van der Waals surface area contributed by atoms with Crippen LogP contribution in [0, 0.1) is 0 Å². The summed E-state index contributed by atoms with van der Waals surface area (Å²) < 4.78 is 10.7. The minimum absolute atomic E-state index is 0.153. The topological polar surface area (TPSA) is 50.8 Å². The molecule has 1 aliphatic heterocycles. The maximum atomic E-state index is 12.8. The van der Waals surface area contributed by atoms with Gasteiger partial charge in [0, 0.05) is 18.4 Å². The molecule has 2 aromatic carbocycles. The molecule has 0 aliphatic carbocycles. The van der Waals surface area contributed by atoms with Gasteiger partial charge < -0.3 is 19.7 Å². The molecule has 0 unspecified atom stereocenters. The number of hydrogen-bond acceptors (Lipinski definition) is 4. The number of anilines is 1. The van der Waals surface area contributed by atoms with Crippen LogP contribution < -0.4 is 14.8 Å². The monoisotopic (exact) mass is 412 g/mol. The van der Waals surface area contributed by atoms with Crippen molar-refractivity contribution in [3.8, 4) is 11.5 Å². The second-order valence-electron chi connectivity index (χ2n) is 5.59. The summed E-state index contributed by atoms with van der Waals surface area (Å²) in [5, 5.41) is 3.47. The van der Waals surface area contributed by atoms with Crippen LogP contribution in [0.5, 0.6) is 11.5 Å². The van der Waals surface area contributed by atoms with Crippen molar-refractivity contribution in [2.75, 3.05) is 31.8 Å². The average Bonchev–Trinajstić information content (AvgIpc) is 3.14. The molecule has 1 fully saturated rings. The molecular weight excluding hydrogens is 395 g/mol. The third kappa shape index (κ3) is 3.98. The Hall–Kier alpha value is -1.76. The summed E-state index contributed by atoms with van der Waals surface area (Å²) in [5.41, 5.74) is 1.35. The number of ether oxygens (including phenoxy) is 2. The van der Waals surface area contributed by atoms with E-state index in [2.05, 4.69) is 5.32 Å². The van der Waals surface area contributed by atoms with Crippen LogP contribution in [-0.2, 0) is 0 Å². The smallest absolute Gasteiger partial charge is 0.323 e. The lowest BCUT2D eigenvalue weighted by Crippen LogP contribution is -2.34. The number of carbonyl (C=O) groups is 1. The average molecular weight is 413 g/mol. The fourth-order valence-corrected chi connectivity index (χ4v) is 4.45. The molecule has 1 atom stereocenters. The van der Waals surface area contributed by atoms with Gasteiger partial charge in [-0.1, -0.05) is 29.3 Å². The summed E-state index contributed by atoms with van der Waals surface area (Å²) in [4.78, 5) is 14.6. The fraction of sp³-hybridized carbons (Fsp3) is 0.278. The Morgan fingerprint density at radius 1 is 1.15 bits per heavy atom. The number of halogens is 2. The van der Waals surface area contributed by atoms with Gasteiger partial charge in [-0.05, 0) is 29.8 Å². The summed E-state index contributed by atoms with van der Waals surface area (Å²) in [6.45, 7) is 0.614. The van der Waals surface area contributed by atoms with Crippen molar-refractivity contribution in [1.82, 2.24) is 4.90 Å². The molecule has 3 rings (SSSR count). The second kappa shape index (κ2) is 8.29. The van der Waals surface area contributed by atoms with Gasteiger partial charge in [-0.15, -0.1) is 11.8 Å². The van der Waals surface area contributed by atoms with Gasteiger partial charge in [-0.3, -0.25) is 0 Å². The zero-order valence-electron chi connectivity index (χ0n) is 14.3. The first-order chi connectivity index (χ1) is 12.5. The van der Waals surface area contributed by atoms with Gasteiger partial charge in [0.05, 0.1) is 30.0 Å². The fourth-order valence-electron chi connectivity index (χ4n) is 2.72. The van der Waals surface area contributed by atoms with Crippen molar-refractivity contribution in [1.29, 1.82) is 0 Å². The molecule has 0 saturated carbocycles. The standard InChI is InChI=1S/C18H18Cl2N2O3S/c1-24-12-8-11(9-13(10-12)25-2)17-22(6-7-26-17)18(23)21-16-14(19)4-3-5-15(16)20/h3-5,8-10,17H,6-7H2,1-2H3,(H,21,23)/t17-/m0/s1. The minimum atomic E-state index is -0.253. The maximum Gasteiger partial charge on any atom is 0.323 e. The van der Waals surface area contributed by atoms with Gasteiger partial charge in [0.25, 0.3) is 0 Å². The van der Waals surface area contributed by atoms with E-state index in [4.69, 9.17) is 32.7 Å². The van der Waals surface area contributed by atoms with Crippen molar-refractivity contribution in [3.05, 3.63) is 52.0 Å². The predicted molar refractivity (Wildman–Crippen MR) is 107 cm³/mol. The Kier molecular flexibility index (Phi) is 6.06. The Balaban J connectivity index is 1.85. The van der Waals surface area contributed by atoms with E-state index < -0.39 is 0 Å². The maximum absolute atomic E-state index is 12.8. The van der Waals surface area contributed by atoms with Gasteiger partial charge >= 0.3 is 6.03 Å². The highest BCUT2D eigenvalue weighted by molar-refractivity contribution is 7.99. The number of amides is 2. The Morgan fingerprint density at radius 2 is 1.77 bits per heavy atom. The first kappa shape index (κ1) is 19.0. The molecule has 26 heavy (non-hydrogen) atoms. The Bertz CT molecular complexity index is 777. The third-order valence-electron chi connectivity index (χ3n) is 4.01. The van der Waals surface area contributed by atoms with E-state index in [-0.39, 0.29) is 11.4 Å². The number of rotatable bonds is 4. The summed E-state index contributed by atoms with van der Waals surface area (Å²) >= 11 is 14.0. The van der Waals surface area contributed by atoms with Crippen molar-refractivity contribution in [3.63, 3.8) is 0 Å². The first-order valence-electron chi connectivity index (χ1n) is 7.89. The molecule has 8 heteroatoms. The number of para-hydroxylation sites is 1. The van der Waals surface area contributed by atoms with Gasteiger partial charge in [-0.25, -0.2) is 4.79 Å². The SMILES string of the molecule is COc1cc(OC)cc([C@@H]2SCCN2C(=O)Nc2c(Cl)cccc2Cl)c1. The van der Waals surface area contributed by atoms with E-state index in [0.29, 0.717) is 33.8 Å². The molecule has 138 valence electrons. The number of hydrogen-bond donors (Lipinski definition) is 1. The van der Waals surface area contributed by atoms with E-state index in [1.807, 2.05) is 12.1 Å². The molecule has 0 aromatic heterocycles. The number of carbonyl (C=O) groups excluding carboxylic acids is 1. The highest BCUT2D eigenvalue weighted by Crippen LogP contribution is 2.41. The van der Waals surface area contributed by atoms with E-state index in [1.54, 1.807) is 55.1 Å². The molecule has 2 amide bonds. The molecule has 2 aromatic rings. The largest absolute Gasteiger partial charge is 0.497 e.